The maximum Gasteiger partial charge on any atom is 0.222 e. The number of halogens is 1. The van der Waals surface area contributed by atoms with Crippen molar-refractivity contribution in [2.45, 2.75) is 0 Å². The van der Waals surface area contributed by atoms with Gasteiger partial charge < -0.3 is 10.5 Å². The first-order chi connectivity index (χ1) is 9.60. The molecule has 3 rings (SSSR count). The van der Waals surface area contributed by atoms with E-state index in [-0.39, 0.29) is 5.95 Å². The smallest absolute Gasteiger partial charge is 0.222 e. The SMILES string of the molecule is COc1ccc(-c2nn(C)c3nc(N)ncc23)cc1Br. The third-order valence-electron chi connectivity index (χ3n) is 3.02. The van der Waals surface area contributed by atoms with Crippen LogP contribution in [0.15, 0.2) is 28.9 Å². The first-order valence-electron chi connectivity index (χ1n) is 5.89. The van der Waals surface area contributed by atoms with Crippen molar-refractivity contribution in [1.29, 1.82) is 0 Å². The number of hydrogen-bond donors (Lipinski definition) is 1. The first-order valence-corrected chi connectivity index (χ1v) is 6.68. The number of nitrogen functional groups attached to an aromatic ring is 1. The molecular weight excluding hydrogens is 322 g/mol. The summed E-state index contributed by atoms with van der Waals surface area (Å²) in [5.74, 6) is 1.01. The second-order valence-electron chi connectivity index (χ2n) is 4.29. The summed E-state index contributed by atoms with van der Waals surface area (Å²) in [6.07, 6.45) is 1.69. The van der Waals surface area contributed by atoms with Gasteiger partial charge in [-0.2, -0.15) is 10.1 Å². The number of rotatable bonds is 2. The van der Waals surface area contributed by atoms with Gasteiger partial charge in [-0.05, 0) is 34.1 Å². The van der Waals surface area contributed by atoms with Gasteiger partial charge in [-0.15, -0.1) is 0 Å². The van der Waals surface area contributed by atoms with Crippen molar-refractivity contribution in [3.63, 3.8) is 0 Å². The third-order valence-corrected chi connectivity index (χ3v) is 3.64. The quantitative estimate of drug-likeness (QED) is 0.778. The molecule has 2 aromatic heterocycles. The van der Waals surface area contributed by atoms with E-state index in [1.165, 1.54) is 0 Å². The van der Waals surface area contributed by atoms with Crippen molar-refractivity contribution in [2.75, 3.05) is 12.8 Å². The number of anilines is 1. The molecule has 6 nitrogen and oxygen atoms in total. The standard InChI is InChI=1S/C13H12BrN5O/c1-19-12-8(6-16-13(15)17-12)11(18-19)7-3-4-10(20-2)9(14)5-7/h3-6H,1-2H3,(H2,15,16,17). The summed E-state index contributed by atoms with van der Waals surface area (Å²) in [5, 5.41) is 5.35. The monoisotopic (exact) mass is 333 g/mol. The maximum absolute atomic E-state index is 5.62. The van der Waals surface area contributed by atoms with Gasteiger partial charge in [0, 0.05) is 18.8 Å². The Morgan fingerprint density at radius 1 is 1.35 bits per heavy atom. The molecular formula is C13H12BrN5O. The van der Waals surface area contributed by atoms with Gasteiger partial charge in [0.25, 0.3) is 0 Å². The van der Waals surface area contributed by atoms with Gasteiger partial charge in [0.15, 0.2) is 5.65 Å². The predicted molar refractivity (Wildman–Crippen MR) is 80.4 cm³/mol. The lowest BCUT2D eigenvalue weighted by Crippen LogP contribution is -1.97. The molecule has 20 heavy (non-hydrogen) atoms. The molecule has 0 atom stereocenters. The lowest BCUT2D eigenvalue weighted by molar-refractivity contribution is 0.412. The Morgan fingerprint density at radius 3 is 2.85 bits per heavy atom. The molecule has 0 fully saturated rings. The summed E-state index contributed by atoms with van der Waals surface area (Å²) in [5.41, 5.74) is 8.09. The van der Waals surface area contributed by atoms with Crippen LogP contribution in [-0.2, 0) is 7.05 Å². The van der Waals surface area contributed by atoms with Crippen molar-refractivity contribution >= 4 is 32.9 Å². The molecule has 0 bridgehead atoms. The Bertz CT molecular complexity index is 799. The average Bonchev–Trinajstić information content (AvgIpc) is 2.76. The van der Waals surface area contributed by atoms with Gasteiger partial charge in [-0.1, -0.05) is 0 Å². The van der Waals surface area contributed by atoms with E-state index < -0.39 is 0 Å². The van der Waals surface area contributed by atoms with Gasteiger partial charge in [-0.25, -0.2) is 9.67 Å². The minimum Gasteiger partial charge on any atom is -0.496 e. The lowest BCUT2D eigenvalue weighted by atomic mass is 10.1. The molecule has 2 N–H and O–H groups in total. The maximum atomic E-state index is 5.62. The number of methoxy groups -OCH3 is 1. The minimum absolute atomic E-state index is 0.239. The number of aryl methyl sites for hydroxylation is 1. The van der Waals surface area contributed by atoms with Crippen LogP contribution in [0.3, 0.4) is 0 Å². The normalized spacial score (nSPS) is 10.9. The lowest BCUT2D eigenvalue weighted by Gasteiger charge is -2.04. The predicted octanol–water partition coefficient (Wildman–Crippen LogP) is 2.38. The Labute approximate surface area is 123 Å². The molecule has 102 valence electrons. The van der Waals surface area contributed by atoms with Crippen molar-refractivity contribution in [3.8, 4) is 17.0 Å². The van der Waals surface area contributed by atoms with Crippen LogP contribution in [0.4, 0.5) is 5.95 Å². The largest absolute Gasteiger partial charge is 0.496 e. The van der Waals surface area contributed by atoms with Gasteiger partial charge in [0.2, 0.25) is 5.95 Å². The highest BCUT2D eigenvalue weighted by Gasteiger charge is 2.14. The molecule has 1 aromatic carbocycles. The molecule has 0 unspecified atom stereocenters. The summed E-state index contributed by atoms with van der Waals surface area (Å²) in [4.78, 5) is 8.25. The first kappa shape index (κ1) is 12.9. The molecule has 0 saturated heterocycles. The van der Waals surface area contributed by atoms with E-state index in [0.717, 1.165) is 26.9 Å². The van der Waals surface area contributed by atoms with Gasteiger partial charge >= 0.3 is 0 Å². The Morgan fingerprint density at radius 2 is 2.15 bits per heavy atom. The van der Waals surface area contributed by atoms with E-state index in [2.05, 4.69) is 31.0 Å². The second kappa shape index (κ2) is 4.75. The zero-order valence-corrected chi connectivity index (χ0v) is 12.5. The number of nitrogens with two attached hydrogens (primary N) is 1. The fraction of sp³-hybridized carbons (Fsp3) is 0.154. The highest BCUT2D eigenvalue weighted by atomic mass is 79.9. The van der Waals surface area contributed by atoms with Crippen LogP contribution in [0, 0.1) is 0 Å². The topological polar surface area (TPSA) is 78.8 Å². The van der Waals surface area contributed by atoms with E-state index in [4.69, 9.17) is 10.5 Å². The number of aromatic nitrogens is 4. The van der Waals surface area contributed by atoms with Crippen molar-refractivity contribution in [2.24, 2.45) is 7.05 Å². The van der Waals surface area contributed by atoms with Crippen LogP contribution in [-0.4, -0.2) is 26.9 Å². The molecule has 0 saturated carbocycles. The Kier molecular flexibility index (Phi) is 3.06. The number of fused-ring (bicyclic) bond motifs is 1. The van der Waals surface area contributed by atoms with Gasteiger partial charge in [-0.3, -0.25) is 0 Å². The fourth-order valence-corrected chi connectivity index (χ4v) is 2.62. The molecule has 0 aliphatic heterocycles. The minimum atomic E-state index is 0.239. The summed E-state index contributed by atoms with van der Waals surface area (Å²) in [6, 6.07) is 5.79. The van der Waals surface area contributed by atoms with Crippen LogP contribution in [0.25, 0.3) is 22.3 Å². The number of benzene rings is 1. The third kappa shape index (κ3) is 2.00. The Balaban J connectivity index is 2.22. The molecule has 0 spiro atoms. The van der Waals surface area contributed by atoms with Crippen LogP contribution in [0.2, 0.25) is 0 Å². The van der Waals surface area contributed by atoms with E-state index in [9.17, 15) is 0 Å². The van der Waals surface area contributed by atoms with Gasteiger partial charge in [0.1, 0.15) is 11.4 Å². The van der Waals surface area contributed by atoms with Crippen LogP contribution < -0.4 is 10.5 Å². The van der Waals surface area contributed by atoms with Crippen molar-refractivity contribution < 1.29 is 4.74 Å². The molecule has 7 heteroatoms. The fourth-order valence-electron chi connectivity index (χ4n) is 2.08. The molecule has 2 heterocycles. The average molecular weight is 334 g/mol. The van der Waals surface area contributed by atoms with E-state index >= 15 is 0 Å². The molecule has 3 aromatic rings. The molecule has 0 aliphatic rings. The number of ether oxygens (including phenoxy) is 1. The highest BCUT2D eigenvalue weighted by Crippen LogP contribution is 2.32. The summed E-state index contributed by atoms with van der Waals surface area (Å²) >= 11 is 3.48. The summed E-state index contributed by atoms with van der Waals surface area (Å²) in [6.45, 7) is 0. The van der Waals surface area contributed by atoms with Gasteiger partial charge in [0.05, 0.1) is 17.0 Å². The second-order valence-corrected chi connectivity index (χ2v) is 5.14. The number of hydrogen-bond acceptors (Lipinski definition) is 5. The van der Waals surface area contributed by atoms with Crippen LogP contribution in [0.1, 0.15) is 0 Å². The van der Waals surface area contributed by atoms with Crippen molar-refractivity contribution in [1.82, 2.24) is 19.7 Å². The zero-order valence-electron chi connectivity index (χ0n) is 11.0. The van der Waals surface area contributed by atoms with Crippen LogP contribution >= 0.6 is 15.9 Å². The zero-order chi connectivity index (χ0) is 14.3. The van der Waals surface area contributed by atoms with E-state index in [0.29, 0.717) is 5.65 Å². The molecule has 0 radical (unpaired) electrons. The number of nitrogens with zero attached hydrogens (tertiary/aromatic N) is 4. The summed E-state index contributed by atoms with van der Waals surface area (Å²) < 4.78 is 7.79. The molecule has 0 amide bonds. The van der Waals surface area contributed by atoms with E-state index in [1.807, 2.05) is 25.2 Å². The van der Waals surface area contributed by atoms with Crippen molar-refractivity contribution in [3.05, 3.63) is 28.9 Å². The highest BCUT2D eigenvalue weighted by molar-refractivity contribution is 9.10. The van der Waals surface area contributed by atoms with Crippen LogP contribution in [0.5, 0.6) is 5.75 Å². The Hall–Kier alpha value is -2.15. The molecule has 0 aliphatic carbocycles. The van der Waals surface area contributed by atoms with E-state index in [1.54, 1.807) is 18.0 Å². The summed E-state index contributed by atoms with van der Waals surface area (Å²) in [7, 11) is 3.46.